The fraction of sp³-hybridized carbons (Fsp3) is 0.500. The molecule has 0 saturated heterocycles. The first kappa shape index (κ1) is 15.2. The van der Waals surface area contributed by atoms with Gasteiger partial charge < -0.3 is 0 Å². The second kappa shape index (κ2) is 5.68. The number of benzene rings is 1. The van der Waals surface area contributed by atoms with Crippen molar-refractivity contribution in [3.05, 3.63) is 29.0 Å². The van der Waals surface area contributed by atoms with Crippen LogP contribution in [-0.4, -0.2) is 20.3 Å². The van der Waals surface area contributed by atoms with Gasteiger partial charge in [0, 0.05) is 11.9 Å². The Hall–Kier alpha value is -0.170. The van der Waals surface area contributed by atoms with E-state index in [9.17, 15) is 12.8 Å². The van der Waals surface area contributed by atoms with Crippen LogP contribution in [0.3, 0.4) is 0 Å². The van der Waals surface area contributed by atoms with Crippen molar-refractivity contribution in [2.24, 2.45) is 5.41 Å². The normalized spacial score (nSPS) is 17.4. The van der Waals surface area contributed by atoms with Crippen LogP contribution in [0.5, 0.6) is 0 Å². The van der Waals surface area contributed by atoms with Crippen molar-refractivity contribution < 1.29 is 12.8 Å². The van der Waals surface area contributed by atoms with E-state index in [-0.39, 0.29) is 15.3 Å². The smallest absolute Gasteiger partial charge is 0.211 e. The highest BCUT2D eigenvalue weighted by atomic mass is 79.9. The largest absolute Gasteiger partial charge is 0.242 e. The molecule has 0 spiro atoms. The number of alkyl halides is 1. The number of rotatable bonds is 6. The molecule has 2 rings (SSSR count). The van der Waals surface area contributed by atoms with Crippen molar-refractivity contribution in [3.8, 4) is 0 Å². The van der Waals surface area contributed by atoms with Crippen LogP contribution in [0.15, 0.2) is 23.1 Å². The molecule has 0 bridgehead atoms. The summed E-state index contributed by atoms with van der Waals surface area (Å²) in [5.41, 5.74) is 0.0520. The van der Waals surface area contributed by atoms with Crippen LogP contribution in [0.4, 0.5) is 4.39 Å². The molecule has 1 N–H and O–H groups in total. The minimum absolute atomic E-state index is 0.0271. The summed E-state index contributed by atoms with van der Waals surface area (Å²) in [6.45, 7) is 0.369. The van der Waals surface area contributed by atoms with E-state index in [4.69, 9.17) is 11.6 Å². The molecule has 106 valence electrons. The highest BCUT2D eigenvalue weighted by Gasteiger charge is 2.42. The summed E-state index contributed by atoms with van der Waals surface area (Å²) in [5, 5.41) is 0.870. The van der Waals surface area contributed by atoms with Crippen LogP contribution < -0.4 is 4.72 Å². The van der Waals surface area contributed by atoms with Crippen LogP contribution in [-0.2, 0) is 10.0 Å². The topological polar surface area (TPSA) is 46.2 Å². The molecule has 3 nitrogen and oxygen atoms in total. The maximum Gasteiger partial charge on any atom is 0.242 e. The average Bonchev–Trinajstić information content (AvgIpc) is 3.11. The van der Waals surface area contributed by atoms with E-state index in [2.05, 4.69) is 20.7 Å². The molecule has 0 radical (unpaired) electrons. The molecule has 1 aliphatic carbocycles. The molecule has 1 aromatic carbocycles. The number of halogens is 3. The molecule has 1 aromatic rings. The monoisotopic (exact) mass is 369 g/mol. The molecule has 1 saturated carbocycles. The number of sulfonamides is 1. The molecule has 19 heavy (non-hydrogen) atoms. The third-order valence-electron chi connectivity index (χ3n) is 3.40. The van der Waals surface area contributed by atoms with Crippen LogP contribution in [0.25, 0.3) is 0 Å². The summed E-state index contributed by atoms with van der Waals surface area (Å²) in [5.74, 6) is -0.619. The Morgan fingerprint density at radius 2 is 2.11 bits per heavy atom. The molecule has 1 fully saturated rings. The van der Waals surface area contributed by atoms with Crippen molar-refractivity contribution in [3.63, 3.8) is 0 Å². The summed E-state index contributed by atoms with van der Waals surface area (Å²) in [6.07, 6.45) is 2.95. The lowest BCUT2D eigenvalue weighted by Gasteiger charge is -2.15. The molecule has 7 heteroatoms. The SMILES string of the molecule is O=S(=O)(NCC1(CCBr)CC1)c1cc(F)ccc1Cl. The molecular formula is C12H14BrClFNO2S. The van der Waals surface area contributed by atoms with Gasteiger partial charge in [0.25, 0.3) is 0 Å². The van der Waals surface area contributed by atoms with Gasteiger partial charge >= 0.3 is 0 Å². The van der Waals surface area contributed by atoms with Crippen molar-refractivity contribution >= 4 is 37.6 Å². The van der Waals surface area contributed by atoms with Gasteiger partial charge in [0.2, 0.25) is 10.0 Å². The fourth-order valence-electron chi connectivity index (χ4n) is 1.90. The minimum atomic E-state index is -3.76. The second-order valence-electron chi connectivity index (χ2n) is 4.84. The van der Waals surface area contributed by atoms with E-state index in [0.717, 1.165) is 36.7 Å². The van der Waals surface area contributed by atoms with E-state index in [1.807, 2.05) is 0 Å². The minimum Gasteiger partial charge on any atom is -0.211 e. The van der Waals surface area contributed by atoms with Gasteiger partial charge in [0.1, 0.15) is 10.7 Å². The van der Waals surface area contributed by atoms with E-state index in [0.29, 0.717) is 6.54 Å². The van der Waals surface area contributed by atoms with Crippen molar-refractivity contribution in [1.82, 2.24) is 4.72 Å². The Kier molecular flexibility index (Phi) is 4.55. The molecule has 0 unspecified atom stereocenters. The van der Waals surface area contributed by atoms with Crippen LogP contribution in [0, 0.1) is 11.2 Å². The summed E-state index contributed by atoms with van der Waals surface area (Å²) >= 11 is 9.18. The van der Waals surface area contributed by atoms with Crippen LogP contribution >= 0.6 is 27.5 Å². The summed E-state index contributed by atoms with van der Waals surface area (Å²) in [4.78, 5) is -0.205. The second-order valence-corrected chi connectivity index (χ2v) is 7.77. The zero-order chi connectivity index (χ0) is 14.1. The van der Waals surface area contributed by atoms with Crippen LogP contribution in [0.1, 0.15) is 19.3 Å². The lowest BCUT2D eigenvalue weighted by atomic mass is 10.1. The maximum absolute atomic E-state index is 13.1. The van der Waals surface area contributed by atoms with Gasteiger partial charge in [-0.15, -0.1) is 0 Å². The van der Waals surface area contributed by atoms with Crippen molar-refractivity contribution in [1.29, 1.82) is 0 Å². The molecule has 0 aromatic heterocycles. The first-order valence-electron chi connectivity index (χ1n) is 5.89. The Morgan fingerprint density at radius 1 is 1.42 bits per heavy atom. The first-order chi connectivity index (χ1) is 8.88. The number of hydrogen-bond donors (Lipinski definition) is 1. The third-order valence-corrected chi connectivity index (χ3v) is 5.68. The van der Waals surface area contributed by atoms with Gasteiger partial charge in [0.15, 0.2) is 0 Å². The Balaban J connectivity index is 2.12. The Morgan fingerprint density at radius 3 is 2.68 bits per heavy atom. The third kappa shape index (κ3) is 3.68. The summed E-state index contributed by atoms with van der Waals surface area (Å²) in [6, 6.07) is 3.32. The van der Waals surface area contributed by atoms with Crippen molar-refractivity contribution in [2.45, 2.75) is 24.2 Å². The van der Waals surface area contributed by atoms with Gasteiger partial charge in [-0.2, -0.15) is 0 Å². The lowest BCUT2D eigenvalue weighted by molar-refractivity contribution is 0.480. The molecule has 0 aliphatic heterocycles. The number of nitrogens with one attached hydrogen (secondary N) is 1. The molecule has 0 atom stereocenters. The predicted octanol–water partition coefficient (Wildman–Crippen LogP) is 3.32. The molecule has 0 amide bonds. The highest BCUT2D eigenvalue weighted by molar-refractivity contribution is 9.09. The van der Waals surface area contributed by atoms with Gasteiger partial charge in [-0.1, -0.05) is 27.5 Å². The first-order valence-corrected chi connectivity index (χ1v) is 8.88. The van der Waals surface area contributed by atoms with E-state index in [1.165, 1.54) is 6.07 Å². The van der Waals surface area contributed by atoms with Crippen molar-refractivity contribution in [2.75, 3.05) is 11.9 Å². The van der Waals surface area contributed by atoms with E-state index >= 15 is 0 Å². The number of hydrogen-bond acceptors (Lipinski definition) is 2. The molecule has 0 heterocycles. The standard InChI is InChI=1S/C12H14BrClFNO2S/c13-6-5-12(3-4-12)8-16-19(17,18)11-7-9(15)1-2-10(11)14/h1-2,7,16H,3-6,8H2. The zero-order valence-corrected chi connectivity index (χ0v) is 13.3. The average molecular weight is 371 g/mol. The summed E-state index contributed by atoms with van der Waals surface area (Å²) < 4.78 is 39.9. The van der Waals surface area contributed by atoms with Crippen LogP contribution in [0.2, 0.25) is 5.02 Å². The van der Waals surface area contributed by atoms with Gasteiger partial charge in [0.05, 0.1) is 5.02 Å². The Labute approximate surface area is 125 Å². The van der Waals surface area contributed by atoms with Gasteiger partial charge in [-0.3, -0.25) is 0 Å². The highest BCUT2D eigenvalue weighted by Crippen LogP contribution is 2.48. The van der Waals surface area contributed by atoms with Gasteiger partial charge in [-0.05, 0) is 42.9 Å². The molecular weight excluding hydrogens is 357 g/mol. The van der Waals surface area contributed by atoms with Gasteiger partial charge in [-0.25, -0.2) is 17.5 Å². The quantitative estimate of drug-likeness (QED) is 0.781. The maximum atomic E-state index is 13.1. The molecule has 1 aliphatic rings. The lowest BCUT2D eigenvalue weighted by Crippen LogP contribution is -2.30. The summed E-state index contributed by atoms with van der Waals surface area (Å²) in [7, 11) is -3.76. The zero-order valence-electron chi connectivity index (χ0n) is 10.1. The van der Waals surface area contributed by atoms with E-state index in [1.54, 1.807) is 0 Å². The van der Waals surface area contributed by atoms with E-state index < -0.39 is 15.8 Å². The Bertz CT molecular complexity index is 575. The predicted molar refractivity (Wildman–Crippen MR) is 76.7 cm³/mol. The fourth-order valence-corrected chi connectivity index (χ4v) is 4.41.